The van der Waals surface area contributed by atoms with Gasteiger partial charge in [-0.2, -0.15) is 0 Å². The van der Waals surface area contributed by atoms with Gasteiger partial charge in [-0.3, -0.25) is 9.47 Å². The Labute approximate surface area is 128 Å². The summed E-state index contributed by atoms with van der Waals surface area (Å²) in [5.41, 5.74) is 2.18. The summed E-state index contributed by atoms with van der Waals surface area (Å²) in [5.74, 6) is 0.930. The third-order valence-electron chi connectivity index (χ3n) is 4.09. The van der Waals surface area contributed by atoms with Gasteiger partial charge >= 0.3 is 0 Å². The van der Waals surface area contributed by atoms with Crippen molar-refractivity contribution in [1.29, 1.82) is 0 Å². The number of hydrogen-bond donors (Lipinski definition) is 1. The van der Waals surface area contributed by atoms with Crippen LogP contribution in [0.15, 0.2) is 41.4 Å². The molecule has 1 saturated heterocycles. The number of aromatic nitrogens is 2. The minimum absolute atomic E-state index is 0.291. The number of rotatable bonds is 3. The highest BCUT2D eigenvalue weighted by Crippen LogP contribution is 2.27. The van der Waals surface area contributed by atoms with Crippen LogP contribution in [-0.2, 0) is 0 Å². The number of imidazole rings is 1. The predicted octanol–water partition coefficient (Wildman–Crippen LogP) is 3.20. The second-order valence-corrected chi connectivity index (χ2v) is 6.29. The number of anilines is 1. The average molecular weight is 298 g/mol. The summed E-state index contributed by atoms with van der Waals surface area (Å²) >= 11 is 1.76. The Balaban J connectivity index is 1.62. The third-order valence-corrected chi connectivity index (χ3v) is 4.81. The second-order valence-electron chi connectivity index (χ2n) is 5.41. The van der Waals surface area contributed by atoms with Crippen LogP contribution in [0.5, 0.6) is 0 Å². The summed E-state index contributed by atoms with van der Waals surface area (Å²) in [6.07, 6.45) is 10.1. The van der Waals surface area contributed by atoms with E-state index < -0.39 is 0 Å². The fourth-order valence-corrected chi connectivity index (χ4v) is 3.18. The summed E-state index contributed by atoms with van der Waals surface area (Å²) in [7, 11) is 0. The van der Waals surface area contributed by atoms with Crippen LogP contribution in [-0.4, -0.2) is 40.0 Å². The van der Waals surface area contributed by atoms with Gasteiger partial charge in [0.1, 0.15) is 6.17 Å². The standard InChI is InChI=1S/C16H18N4S/c1-21-13-5-2-4-12(10-13)14-11-20-9-6-15(18-16(20)17-14)19-7-3-8-19/h2,4-6,9-11,15H,3,7-8H2,1H3,(H,17,18). The summed E-state index contributed by atoms with van der Waals surface area (Å²) < 4.78 is 2.07. The summed E-state index contributed by atoms with van der Waals surface area (Å²) in [6, 6.07) is 8.52. The van der Waals surface area contributed by atoms with Crippen molar-refractivity contribution in [2.24, 2.45) is 0 Å². The van der Waals surface area contributed by atoms with Gasteiger partial charge in [0, 0.05) is 35.9 Å². The van der Waals surface area contributed by atoms with E-state index in [1.165, 1.54) is 30.0 Å². The van der Waals surface area contributed by atoms with Crippen molar-refractivity contribution in [3.63, 3.8) is 0 Å². The Morgan fingerprint density at radius 1 is 1.33 bits per heavy atom. The predicted molar refractivity (Wildman–Crippen MR) is 88.4 cm³/mol. The van der Waals surface area contributed by atoms with Crippen LogP contribution in [0.2, 0.25) is 0 Å². The van der Waals surface area contributed by atoms with E-state index in [-0.39, 0.29) is 0 Å². The lowest BCUT2D eigenvalue weighted by molar-refractivity contribution is 0.157. The molecule has 0 saturated carbocycles. The maximum Gasteiger partial charge on any atom is 0.209 e. The Morgan fingerprint density at radius 2 is 2.24 bits per heavy atom. The van der Waals surface area contributed by atoms with Gasteiger partial charge < -0.3 is 5.32 Å². The molecular weight excluding hydrogens is 280 g/mol. The molecule has 2 aliphatic rings. The van der Waals surface area contributed by atoms with E-state index in [0.29, 0.717) is 6.17 Å². The number of thioether (sulfide) groups is 1. The largest absolute Gasteiger partial charge is 0.336 e. The minimum Gasteiger partial charge on any atom is -0.336 e. The zero-order valence-corrected chi connectivity index (χ0v) is 12.8. The first-order valence-electron chi connectivity index (χ1n) is 7.26. The summed E-state index contributed by atoms with van der Waals surface area (Å²) in [4.78, 5) is 8.44. The molecule has 2 aromatic rings. The van der Waals surface area contributed by atoms with E-state index in [9.17, 15) is 0 Å². The van der Waals surface area contributed by atoms with Gasteiger partial charge in [0.25, 0.3) is 0 Å². The molecule has 4 rings (SSSR count). The molecule has 0 bridgehead atoms. The van der Waals surface area contributed by atoms with E-state index in [2.05, 4.69) is 63.8 Å². The molecule has 1 N–H and O–H groups in total. The van der Waals surface area contributed by atoms with Crippen molar-refractivity contribution in [3.05, 3.63) is 36.5 Å². The molecular formula is C16H18N4S. The quantitative estimate of drug-likeness (QED) is 0.882. The van der Waals surface area contributed by atoms with Gasteiger partial charge in [-0.15, -0.1) is 11.8 Å². The molecule has 1 aromatic heterocycles. The van der Waals surface area contributed by atoms with Crippen molar-refractivity contribution in [3.8, 4) is 11.3 Å². The number of hydrogen-bond acceptors (Lipinski definition) is 4. The van der Waals surface area contributed by atoms with Gasteiger partial charge in [-0.05, 0) is 30.9 Å². The fraction of sp³-hybridized carbons (Fsp3) is 0.312. The number of nitrogens with one attached hydrogen (secondary N) is 1. The molecule has 108 valence electrons. The third kappa shape index (κ3) is 2.36. The van der Waals surface area contributed by atoms with Crippen LogP contribution >= 0.6 is 11.8 Å². The number of benzene rings is 1. The Kier molecular flexibility index (Phi) is 3.24. The van der Waals surface area contributed by atoms with Crippen LogP contribution < -0.4 is 5.32 Å². The lowest BCUT2D eigenvalue weighted by atomic mass is 10.2. The molecule has 1 aromatic carbocycles. The minimum atomic E-state index is 0.291. The van der Waals surface area contributed by atoms with Gasteiger partial charge in [-0.25, -0.2) is 4.98 Å². The van der Waals surface area contributed by atoms with Crippen molar-refractivity contribution in [1.82, 2.24) is 14.5 Å². The molecule has 0 amide bonds. The first-order chi connectivity index (χ1) is 10.3. The van der Waals surface area contributed by atoms with Crippen LogP contribution in [0.3, 0.4) is 0 Å². The van der Waals surface area contributed by atoms with Crippen LogP contribution in [0.4, 0.5) is 5.95 Å². The van der Waals surface area contributed by atoms with Gasteiger partial charge in [0.2, 0.25) is 5.95 Å². The highest BCUT2D eigenvalue weighted by atomic mass is 32.2. The number of fused-ring (bicyclic) bond motifs is 1. The molecule has 0 spiro atoms. The van der Waals surface area contributed by atoms with E-state index in [1.54, 1.807) is 11.8 Å². The first kappa shape index (κ1) is 13.0. The van der Waals surface area contributed by atoms with Crippen LogP contribution in [0, 0.1) is 0 Å². The molecule has 1 unspecified atom stereocenters. The van der Waals surface area contributed by atoms with Crippen LogP contribution in [0.1, 0.15) is 6.42 Å². The second kappa shape index (κ2) is 5.24. The molecule has 5 heteroatoms. The average Bonchev–Trinajstić information content (AvgIpc) is 2.89. The summed E-state index contributed by atoms with van der Waals surface area (Å²) in [5, 5.41) is 3.50. The number of nitrogens with zero attached hydrogens (tertiary/aromatic N) is 3. The normalized spacial score (nSPS) is 20.7. The van der Waals surface area contributed by atoms with Crippen molar-refractivity contribution < 1.29 is 0 Å². The van der Waals surface area contributed by atoms with Crippen LogP contribution in [0.25, 0.3) is 17.5 Å². The van der Waals surface area contributed by atoms with E-state index >= 15 is 0 Å². The zero-order valence-electron chi connectivity index (χ0n) is 12.0. The number of likely N-dealkylation sites (tertiary alicyclic amines) is 1. The zero-order chi connectivity index (χ0) is 14.2. The Hall–Kier alpha value is -1.72. The molecule has 0 aliphatic carbocycles. The Morgan fingerprint density at radius 3 is 3.00 bits per heavy atom. The van der Waals surface area contributed by atoms with Crippen molar-refractivity contribution in [2.75, 3.05) is 24.7 Å². The highest BCUT2D eigenvalue weighted by Gasteiger charge is 2.25. The molecule has 1 fully saturated rings. The molecule has 4 nitrogen and oxygen atoms in total. The van der Waals surface area contributed by atoms with E-state index in [0.717, 1.165) is 11.6 Å². The van der Waals surface area contributed by atoms with E-state index in [4.69, 9.17) is 4.98 Å². The summed E-state index contributed by atoms with van der Waals surface area (Å²) in [6.45, 7) is 2.34. The van der Waals surface area contributed by atoms with Gasteiger partial charge in [-0.1, -0.05) is 12.1 Å². The monoisotopic (exact) mass is 298 g/mol. The first-order valence-corrected chi connectivity index (χ1v) is 8.48. The SMILES string of the molecule is CSc1cccc(-c2cn3c(n2)NC(N2CCC2)C=C3)c1. The highest BCUT2D eigenvalue weighted by molar-refractivity contribution is 7.98. The molecule has 3 heterocycles. The van der Waals surface area contributed by atoms with Gasteiger partial charge in [0.15, 0.2) is 0 Å². The lowest BCUT2D eigenvalue weighted by Crippen LogP contribution is -2.49. The molecule has 1 atom stereocenters. The maximum atomic E-state index is 4.75. The lowest BCUT2D eigenvalue weighted by Gasteiger charge is -2.38. The maximum absolute atomic E-state index is 4.75. The van der Waals surface area contributed by atoms with Crippen molar-refractivity contribution >= 4 is 23.9 Å². The smallest absolute Gasteiger partial charge is 0.209 e. The van der Waals surface area contributed by atoms with E-state index in [1.807, 2.05) is 0 Å². The molecule has 2 aliphatic heterocycles. The molecule has 21 heavy (non-hydrogen) atoms. The van der Waals surface area contributed by atoms with Crippen molar-refractivity contribution in [2.45, 2.75) is 17.5 Å². The Bertz CT molecular complexity index is 687. The molecule has 0 radical (unpaired) electrons. The van der Waals surface area contributed by atoms with Gasteiger partial charge in [0.05, 0.1) is 5.69 Å². The topological polar surface area (TPSA) is 33.1 Å². The fourth-order valence-electron chi connectivity index (χ4n) is 2.72.